The second-order valence-corrected chi connectivity index (χ2v) is 4.25. The zero-order valence-corrected chi connectivity index (χ0v) is 10.1. The van der Waals surface area contributed by atoms with E-state index in [2.05, 4.69) is 5.32 Å². The number of hydrogen-bond donors (Lipinski definition) is 2. The first-order chi connectivity index (χ1) is 8.08. The summed E-state index contributed by atoms with van der Waals surface area (Å²) in [7, 11) is 0. The lowest BCUT2D eigenvalue weighted by atomic mass is 10.0. The molecule has 1 aromatic carbocycles. The molecule has 4 nitrogen and oxygen atoms in total. The highest BCUT2D eigenvalue weighted by molar-refractivity contribution is 5.94. The second kappa shape index (κ2) is 6.02. The number of nitriles is 1. The van der Waals surface area contributed by atoms with Crippen molar-refractivity contribution < 1.29 is 4.79 Å². The van der Waals surface area contributed by atoms with E-state index in [1.165, 1.54) is 0 Å². The van der Waals surface area contributed by atoms with Gasteiger partial charge in [-0.05, 0) is 24.1 Å². The maximum Gasteiger partial charge on any atom is 0.251 e. The SMILES string of the molecule is CC(C)C(CN)NC(=O)c1cccc(C#N)c1. The van der Waals surface area contributed by atoms with Gasteiger partial charge in [0.1, 0.15) is 0 Å². The van der Waals surface area contributed by atoms with E-state index in [1.807, 2.05) is 19.9 Å². The molecule has 0 bridgehead atoms. The molecule has 0 saturated heterocycles. The molecule has 0 spiro atoms. The lowest BCUT2D eigenvalue weighted by Crippen LogP contribution is -2.43. The van der Waals surface area contributed by atoms with Crippen molar-refractivity contribution in [3.63, 3.8) is 0 Å². The van der Waals surface area contributed by atoms with Crippen LogP contribution in [0.1, 0.15) is 29.8 Å². The van der Waals surface area contributed by atoms with Gasteiger partial charge in [0.2, 0.25) is 0 Å². The quantitative estimate of drug-likeness (QED) is 0.819. The number of nitrogens with two attached hydrogens (primary N) is 1. The minimum atomic E-state index is -0.189. The molecule has 3 N–H and O–H groups in total. The number of nitrogens with one attached hydrogen (secondary N) is 1. The van der Waals surface area contributed by atoms with Crippen LogP contribution in [0.4, 0.5) is 0 Å². The van der Waals surface area contributed by atoms with Crippen molar-refractivity contribution in [2.24, 2.45) is 11.7 Å². The minimum absolute atomic E-state index is 0.0479. The van der Waals surface area contributed by atoms with Gasteiger partial charge in [0.15, 0.2) is 0 Å². The summed E-state index contributed by atoms with van der Waals surface area (Å²) in [4.78, 5) is 11.9. The summed E-state index contributed by atoms with van der Waals surface area (Å²) in [6.45, 7) is 4.41. The maximum absolute atomic E-state index is 11.9. The van der Waals surface area contributed by atoms with Crippen molar-refractivity contribution in [3.8, 4) is 6.07 Å². The number of rotatable bonds is 4. The Morgan fingerprint density at radius 1 is 1.53 bits per heavy atom. The fraction of sp³-hybridized carbons (Fsp3) is 0.385. The Kier molecular flexibility index (Phi) is 4.68. The molecule has 0 saturated carbocycles. The summed E-state index contributed by atoms with van der Waals surface area (Å²) in [6, 6.07) is 8.58. The molecule has 0 fully saturated rings. The Morgan fingerprint density at radius 2 is 2.24 bits per heavy atom. The Bertz CT molecular complexity index is 435. The predicted molar refractivity (Wildman–Crippen MR) is 66.3 cm³/mol. The predicted octanol–water partition coefficient (Wildman–Crippen LogP) is 1.27. The molecular weight excluding hydrogens is 214 g/mol. The van der Waals surface area contributed by atoms with Crippen molar-refractivity contribution in [1.29, 1.82) is 5.26 Å². The monoisotopic (exact) mass is 231 g/mol. The van der Waals surface area contributed by atoms with Gasteiger partial charge in [0, 0.05) is 18.2 Å². The largest absolute Gasteiger partial charge is 0.348 e. The fourth-order valence-electron chi connectivity index (χ4n) is 1.48. The van der Waals surface area contributed by atoms with Crippen molar-refractivity contribution in [2.75, 3.05) is 6.54 Å². The molecule has 1 rings (SSSR count). The summed E-state index contributed by atoms with van der Waals surface area (Å²) in [5, 5.41) is 11.6. The van der Waals surface area contributed by atoms with Crippen LogP contribution in [0, 0.1) is 17.2 Å². The van der Waals surface area contributed by atoms with Crippen molar-refractivity contribution in [3.05, 3.63) is 35.4 Å². The number of benzene rings is 1. The van der Waals surface area contributed by atoms with E-state index in [9.17, 15) is 4.79 Å². The fourth-order valence-corrected chi connectivity index (χ4v) is 1.48. The average Bonchev–Trinajstić information content (AvgIpc) is 2.35. The molecule has 0 aromatic heterocycles. The van der Waals surface area contributed by atoms with Gasteiger partial charge in [0.25, 0.3) is 5.91 Å². The van der Waals surface area contributed by atoms with Gasteiger partial charge in [-0.25, -0.2) is 0 Å². The van der Waals surface area contributed by atoms with Gasteiger partial charge in [-0.15, -0.1) is 0 Å². The van der Waals surface area contributed by atoms with Crippen molar-refractivity contribution in [2.45, 2.75) is 19.9 Å². The zero-order chi connectivity index (χ0) is 12.8. The number of carbonyl (C=O) groups is 1. The van der Waals surface area contributed by atoms with Crippen LogP contribution in [0.3, 0.4) is 0 Å². The van der Waals surface area contributed by atoms with Crippen LogP contribution < -0.4 is 11.1 Å². The highest BCUT2D eigenvalue weighted by atomic mass is 16.1. The first kappa shape index (κ1) is 13.2. The van der Waals surface area contributed by atoms with E-state index >= 15 is 0 Å². The van der Waals surface area contributed by atoms with E-state index in [-0.39, 0.29) is 17.9 Å². The van der Waals surface area contributed by atoms with Crippen LogP contribution in [0.2, 0.25) is 0 Å². The second-order valence-electron chi connectivity index (χ2n) is 4.25. The summed E-state index contributed by atoms with van der Waals surface area (Å²) in [5.74, 6) is 0.0920. The molecule has 90 valence electrons. The van der Waals surface area contributed by atoms with Gasteiger partial charge in [-0.1, -0.05) is 19.9 Å². The van der Waals surface area contributed by atoms with Crippen molar-refractivity contribution in [1.82, 2.24) is 5.32 Å². The van der Waals surface area contributed by atoms with E-state index in [1.54, 1.807) is 24.3 Å². The normalized spacial score (nSPS) is 11.9. The highest BCUT2D eigenvalue weighted by Gasteiger charge is 2.15. The van der Waals surface area contributed by atoms with Gasteiger partial charge >= 0.3 is 0 Å². The Hall–Kier alpha value is -1.86. The van der Waals surface area contributed by atoms with Crippen LogP contribution in [-0.2, 0) is 0 Å². The Balaban J connectivity index is 2.79. The Morgan fingerprint density at radius 3 is 2.76 bits per heavy atom. The molecule has 1 amide bonds. The smallest absolute Gasteiger partial charge is 0.251 e. The van der Waals surface area contributed by atoms with Crippen LogP contribution >= 0.6 is 0 Å². The number of nitrogens with zero attached hydrogens (tertiary/aromatic N) is 1. The highest BCUT2D eigenvalue weighted by Crippen LogP contribution is 2.06. The summed E-state index contributed by atoms with van der Waals surface area (Å²) < 4.78 is 0. The lowest BCUT2D eigenvalue weighted by molar-refractivity contribution is 0.0927. The molecular formula is C13H17N3O. The van der Waals surface area contributed by atoms with Crippen LogP contribution in [0.25, 0.3) is 0 Å². The maximum atomic E-state index is 11.9. The zero-order valence-electron chi connectivity index (χ0n) is 10.1. The molecule has 4 heteroatoms. The standard InChI is InChI=1S/C13H17N3O/c1-9(2)12(8-15)16-13(17)11-5-3-4-10(6-11)7-14/h3-6,9,12H,8,15H2,1-2H3,(H,16,17). The number of hydrogen-bond acceptors (Lipinski definition) is 3. The van der Waals surface area contributed by atoms with E-state index in [0.717, 1.165) is 0 Å². The van der Waals surface area contributed by atoms with E-state index < -0.39 is 0 Å². The molecule has 0 heterocycles. The van der Waals surface area contributed by atoms with Crippen LogP contribution in [0.5, 0.6) is 0 Å². The lowest BCUT2D eigenvalue weighted by Gasteiger charge is -2.20. The van der Waals surface area contributed by atoms with Crippen LogP contribution in [-0.4, -0.2) is 18.5 Å². The van der Waals surface area contributed by atoms with E-state index in [0.29, 0.717) is 17.7 Å². The molecule has 0 radical (unpaired) electrons. The van der Waals surface area contributed by atoms with E-state index in [4.69, 9.17) is 11.0 Å². The number of carbonyl (C=O) groups excluding carboxylic acids is 1. The first-order valence-electron chi connectivity index (χ1n) is 5.59. The third-order valence-corrected chi connectivity index (χ3v) is 2.63. The molecule has 17 heavy (non-hydrogen) atoms. The van der Waals surface area contributed by atoms with Gasteiger partial charge in [-0.3, -0.25) is 4.79 Å². The molecule has 0 aliphatic carbocycles. The average molecular weight is 231 g/mol. The molecule has 1 atom stereocenters. The number of amides is 1. The van der Waals surface area contributed by atoms with Crippen molar-refractivity contribution >= 4 is 5.91 Å². The molecule has 0 aliphatic heterocycles. The summed E-state index contributed by atoms with van der Waals surface area (Å²) in [5.41, 5.74) is 6.56. The summed E-state index contributed by atoms with van der Waals surface area (Å²) >= 11 is 0. The molecule has 1 unspecified atom stereocenters. The minimum Gasteiger partial charge on any atom is -0.348 e. The van der Waals surface area contributed by atoms with Gasteiger partial charge in [-0.2, -0.15) is 5.26 Å². The third kappa shape index (κ3) is 3.58. The van der Waals surface area contributed by atoms with Gasteiger partial charge < -0.3 is 11.1 Å². The van der Waals surface area contributed by atoms with Crippen LogP contribution in [0.15, 0.2) is 24.3 Å². The first-order valence-corrected chi connectivity index (χ1v) is 5.59. The topological polar surface area (TPSA) is 78.9 Å². The van der Waals surface area contributed by atoms with Gasteiger partial charge in [0.05, 0.1) is 11.6 Å². The molecule has 0 aliphatic rings. The Labute approximate surface area is 101 Å². The third-order valence-electron chi connectivity index (χ3n) is 2.63. The summed E-state index contributed by atoms with van der Waals surface area (Å²) in [6.07, 6.45) is 0. The molecule has 1 aromatic rings.